The first-order chi connectivity index (χ1) is 9.93. The van der Waals surface area contributed by atoms with Crippen LogP contribution in [0.3, 0.4) is 0 Å². The zero-order valence-corrected chi connectivity index (χ0v) is 10.9. The number of anilines is 1. The number of carboxylic acids is 1. The monoisotopic (exact) mass is 295 g/mol. The third-order valence-electron chi connectivity index (χ3n) is 2.73. The first-order valence-corrected chi connectivity index (χ1v) is 6.00. The Labute approximate surface area is 118 Å². The molecule has 2 rings (SSSR count). The van der Waals surface area contributed by atoms with Crippen LogP contribution in [0.4, 0.5) is 14.5 Å². The van der Waals surface area contributed by atoms with Crippen molar-refractivity contribution in [3.05, 3.63) is 47.3 Å². The standard InChI is InChI=1S/C13H11F2N3O3/c1-2-18-6-9(11(17-18)13(20)21)16-12(19)10-7(14)4-3-5-8(10)15/h3-6H,2H2,1H3,(H,16,19)(H,20,21). The molecular weight excluding hydrogens is 284 g/mol. The number of carbonyl (C=O) groups is 2. The number of nitrogens with one attached hydrogen (secondary N) is 1. The van der Waals surface area contributed by atoms with Crippen molar-refractivity contribution in [1.29, 1.82) is 0 Å². The second-order valence-corrected chi connectivity index (χ2v) is 4.10. The largest absolute Gasteiger partial charge is 0.476 e. The molecule has 1 aromatic carbocycles. The molecule has 21 heavy (non-hydrogen) atoms. The molecule has 0 fully saturated rings. The molecule has 6 nitrogen and oxygen atoms in total. The number of hydrogen-bond acceptors (Lipinski definition) is 3. The van der Waals surface area contributed by atoms with Gasteiger partial charge < -0.3 is 10.4 Å². The highest BCUT2D eigenvalue weighted by Gasteiger charge is 2.22. The van der Waals surface area contributed by atoms with E-state index in [1.54, 1.807) is 6.92 Å². The molecule has 8 heteroatoms. The second-order valence-electron chi connectivity index (χ2n) is 4.10. The van der Waals surface area contributed by atoms with Crippen molar-refractivity contribution in [2.24, 2.45) is 0 Å². The van der Waals surface area contributed by atoms with E-state index in [1.807, 2.05) is 0 Å². The Morgan fingerprint density at radius 2 is 1.95 bits per heavy atom. The fourth-order valence-corrected chi connectivity index (χ4v) is 1.73. The average Bonchev–Trinajstić information content (AvgIpc) is 2.81. The third kappa shape index (κ3) is 2.88. The van der Waals surface area contributed by atoms with Crippen molar-refractivity contribution >= 4 is 17.6 Å². The summed E-state index contributed by atoms with van der Waals surface area (Å²) in [6.45, 7) is 2.10. The number of hydrogen-bond donors (Lipinski definition) is 2. The van der Waals surface area contributed by atoms with Gasteiger partial charge in [0.1, 0.15) is 17.2 Å². The smallest absolute Gasteiger partial charge is 0.358 e. The van der Waals surface area contributed by atoms with E-state index in [0.717, 1.165) is 18.2 Å². The van der Waals surface area contributed by atoms with Gasteiger partial charge in [-0.25, -0.2) is 13.6 Å². The Hall–Kier alpha value is -2.77. The lowest BCUT2D eigenvalue weighted by molar-refractivity contribution is 0.0690. The van der Waals surface area contributed by atoms with Gasteiger partial charge in [-0.05, 0) is 19.1 Å². The van der Waals surface area contributed by atoms with Gasteiger partial charge in [0.25, 0.3) is 5.91 Å². The number of carbonyl (C=O) groups excluding carboxylic acids is 1. The van der Waals surface area contributed by atoms with Crippen molar-refractivity contribution in [2.75, 3.05) is 5.32 Å². The Bertz CT molecular complexity index is 692. The third-order valence-corrected chi connectivity index (χ3v) is 2.73. The maximum atomic E-state index is 13.5. The number of aryl methyl sites for hydroxylation is 1. The fraction of sp³-hybridized carbons (Fsp3) is 0.154. The van der Waals surface area contributed by atoms with Crippen molar-refractivity contribution in [3.8, 4) is 0 Å². The highest BCUT2D eigenvalue weighted by Crippen LogP contribution is 2.18. The van der Waals surface area contributed by atoms with Gasteiger partial charge in [0.15, 0.2) is 5.69 Å². The van der Waals surface area contributed by atoms with E-state index in [9.17, 15) is 18.4 Å². The van der Waals surface area contributed by atoms with E-state index in [1.165, 1.54) is 10.9 Å². The number of amides is 1. The number of halogens is 2. The molecule has 0 aliphatic heterocycles. The Morgan fingerprint density at radius 3 is 2.48 bits per heavy atom. The first kappa shape index (κ1) is 14.6. The number of aromatic nitrogens is 2. The van der Waals surface area contributed by atoms with Gasteiger partial charge >= 0.3 is 5.97 Å². The van der Waals surface area contributed by atoms with Crippen LogP contribution in [-0.4, -0.2) is 26.8 Å². The van der Waals surface area contributed by atoms with Crippen molar-refractivity contribution in [1.82, 2.24) is 9.78 Å². The van der Waals surface area contributed by atoms with Crippen LogP contribution < -0.4 is 5.32 Å². The minimum absolute atomic E-state index is 0.128. The normalized spacial score (nSPS) is 10.4. The molecule has 2 aromatic rings. The van der Waals surface area contributed by atoms with Gasteiger partial charge in [-0.15, -0.1) is 0 Å². The van der Waals surface area contributed by atoms with Gasteiger partial charge in [-0.3, -0.25) is 9.48 Å². The number of aromatic carboxylic acids is 1. The Balaban J connectivity index is 2.36. The molecule has 0 saturated carbocycles. The van der Waals surface area contributed by atoms with E-state index in [0.29, 0.717) is 6.54 Å². The second kappa shape index (κ2) is 5.70. The molecule has 0 aliphatic rings. The van der Waals surface area contributed by atoms with E-state index in [-0.39, 0.29) is 5.69 Å². The summed E-state index contributed by atoms with van der Waals surface area (Å²) in [7, 11) is 0. The molecule has 0 saturated heterocycles. The molecule has 0 spiro atoms. The van der Waals surface area contributed by atoms with Crippen LogP contribution >= 0.6 is 0 Å². The Morgan fingerprint density at radius 1 is 1.33 bits per heavy atom. The van der Waals surface area contributed by atoms with Gasteiger partial charge in [-0.2, -0.15) is 5.10 Å². The van der Waals surface area contributed by atoms with E-state index < -0.39 is 34.8 Å². The van der Waals surface area contributed by atoms with Crippen LogP contribution in [0.2, 0.25) is 0 Å². The zero-order valence-electron chi connectivity index (χ0n) is 10.9. The number of rotatable bonds is 4. The predicted octanol–water partition coefficient (Wildman–Crippen LogP) is 2.13. The maximum absolute atomic E-state index is 13.5. The number of carboxylic acid groups (broad SMARTS) is 1. The molecular formula is C13H11F2N3O3. The highest BCUT2D eigenvalue weighted by molar-refractivity contribution is 6.07. The SMILES string of the molecule is CCn1cc(NC(=O)c2c(F)cccc2F)c(C(=O)O)n1. The molecule has 1 aromatic heterocycles. The number of benzene rings is 1. The van der Waals surface area contributed by atoms with Crippen LogP contribution in [0, 0.1) is 11.6 Å². The van der Waals surface area contributed by atoms with Gasteiger partial charge in [-0.1, -0.05) is 6.07 Å². The fourth-order valence-electron chi connectivity index (χ4n) is 1.73. The van der Waals surface area contributed by atoms with E-state index in [4.69, 9.17) is 5.11 Å². The summed E-state index contributed by atoms with van der Waals surface area (Å²) in [4.78, 5) is 22.9. The summed E-state index contributed by atoms with van der Waals surface area (Å²) in [5.74, 6) is -4.50. The van der Waals surface area contributed by atoms with Gasteiger partial charge in [0.05, 0.1) is 5.69 Å². The molecule has 0 atom stereocenters. The summed E-state index contributed by atoms with van der Waals surface area (Å²) >= 11 is 0. The lowest BCUT2D eigenvalue weighted by Crippen LogP contribution is -2.17. The van der Waals surface area contributed by atoms with Crippen molar-refractivity contribution < 1.29 is 23.5 Å². The average molecular weight is 295 g/mol. The summed E-state index contributed by atoms with van der Waals surface area (Å²) in [6, 6.07) is 3.00. The molecule has 0 bridgehead atoms. The molecule has 2 N–H and O–H groups in total. The molecule has 1 heterocycles. The summed E-state index contributed by atoms with van der Waals surface area (Å²) in [6.07, 6.45) is 1.28. The summed E-state index contributed by atoms with van der Waals surface area (Å²) in [5.41, 5.74) is -1.31. The van der Waals surface area contributed by atoms with Crippen LogP contribution in [0.1, 0.15) is 27.8 Å². The molecule has 0 unspecified atom stereocenters. The van der Waals surface area contributed by atoms with E-state index >= 15 is 0 Å². The molecule has 110 valence electrons. The molecule has 0 radical (unpaired) electrons. The summed E-state index contributed by atoms with van der Waals surface area (Å²) < 4.78 is 28.3. The van der Waals surface area contributed by atoms with Gasteiger partial charge in [0, 0.05) is 12.7 Å². The molecule has 1 amide bonds. The zero-order chi connectivity index (χ0) is 15.6. The lowest BCUT2D eigenvalue weighted by Gasteiger charge is -2.05. The molecule has 0 aliphatic carbocycles. The lowest BCUT2D eigenvalue weighted by atomic mass is 10.2. The van der Waals surface area contributed by atoms with E-state index in [2.05, 4.69) is 10.4 Å². The quantitative estimate of drug-likeness (QED) is 0.905. The highest BCUT2D eigenvalue weighted by atomic mass is 19.1. The minimum Gasteiger partial charge on any atom is -0.476 e. The summed E-state index contributed by atoms with van der Waals surface area (Å²) in [5, 5.41) is 14.9. The number of nitrogens with zero attached hydrogens (tertiary/aromatic N) is 2. The first-order valence-electron chi connectivity index (χ1n) is 6.00. The van der Waals surface area contributed by atoms with Crippen LogP contribution in [0.15, 0.2) is 24.4 Å². The van der Waals surface area contributed by atoms with Crippen molar-refractivity contribution in [2.45, 2.75) is 13.5 Å². The van der Waals surface area contributed by atoms with Crippen molar-refractivity contribution in [3.63, 3.8) is 0 Å². The van der Waals surface area contributed by atoms with Crippen LogP contribution in [0.5, 0.6) is 0 Å². The maximum Gasteiger partial charge on any atom is 0.358 e. The minimum atomic E-state index is -1.36. The van der Waals surface area contributed by atoms with Crippen LogP contribution in [-0.2, 0) is 6.54 Å². The van der Waals surface area contributed by atoms with Crippen LogP contribution in [0.25, 0.3) is 0 Å². The topological polar surface area (TPSA) is 84.2 Å². The Kier molecular flexibility index (Phi) is 3.97. The predicted molar refractivity (Wildman–Crippen MR) is 69.2 cm³/mol. The van der Waals surface area contributed by atoms with Gasteiger partial charge in [0.2, 0.25) is 0 Å².